The molecule has 0 spiro atoms. The maximum Gasteiger partial charge on any atom is 0.0894 e. The third-order valence-corrected chi connectivity index (χ3v) is 3.34. The Morgan fingerprint density at radius 2 is 1.89 bits per heavy atom. The maximum absolute atomic E-state index is 9.17. The summed E-state index contributed by atoms with van der Waals surface area (Å²) in [5.74, 6) is 0.622. The van der Waals surface area contributed by atoms with E-state index in [-0.39, 0.29) is 6.61 Å². The highest BCUT2D eigenvalue weighted by Gasteiger charge is 2.03. The summed E-state index contributed by atoms with van der Waals surface area (Å²) < 4.78 is 0. The molecule has 102 valence electrons. The van der Waals surface area contributed by atoms with Gasteiger partial charge in [0.15, 0.2) is 0 Å². The van der Waals surface area contributed by atoms with E-state index >= 15 is 0 Å². The lowest BCUT2D eigenvalue weighted by atomic mass is 9.97. The van der Waals surface area contributed by atoms with Crippen LogP contribution in [-0.2, 0) is 6.42 Å². The van der Waals surface area contributed by atoms with Gasteiger partial charge in [-0.05, 0) is 36.4 Å². The predicted octanol–water partition coefficient (Wildman–Crippen LogP) is 1.69. The molecule has 1 aromatic carbocycles. The highest BCUT2D eigenvalue weighted by atomic mass is 16.3. The smallest absolute Gasteiger partial charge is 0.0894 e. The van der Waals surface area contributed by atoms with Crippen LogP contribution >= 0.6 is 0 Å². The number of rotatable bonds is 8. The van der Waals surface area contributed by atoms with Crippen molar-refractivity contribution in [3.8, 4) is 0 Å². The number of hydrogen-bond donors (Lipinski definition) is 3. The van der Waals surface area contributed by atoms with Gasteiger partial charge in [-0.25, -0.2) is 0 Å². The second-order valence-electron chi connectivity index (χ2n) is 4.84. The molecule has 2 atom stereocenters. The molecule has 0 aliphatic heterocycles. The van der Waals surface area contributed by atoms with Crippen molar-refractivity contribution in [3.63, 3.8) is 0 Å². The summed E-state index contributed by atoms with van der Waals surface area (Å²) in [7, 11) is 0. The lowest BCUT2D eigenvalue weighted by molar-refractivity contribution is 0.0947. The zero-order valence-electron chi connectivity index (χ0n) is 11.4. The Morgan fingerprint density at radius 1 is 1.22 bits per heavy atom. The molecule has 0 aliphatic carbocycles. The Bertz CT molecular complexity index is 324. The zero-order valence-corrected chi connectivity index (χ0v) is 11.4. The van der Waals surface area contributed by atoms with Crippen LogP contribution in [0, 0.1) is 0 Å². The van der Waals surface area contributed by atoms with Gasteiger partial charge in [0.1, 0.15) is 0 Å². The minimum absolute atomic E-state index is 0.184. The fourth-order valence-corrected chi connectivity index (χ4v) is 1.81. The van der Waals surface area contributed by atoms with Crippen molar-refractivity contribution in [1.82, 2.24) is 5.32 Å². The Balaban J connectivity index is 2.31. The molecular formula is C15H25NO2. The number of benzene rings is 1. The monoisotopic (exact) mass is 251 g/mol. The molecule has 1 rings (SSSR count). The normalized spacial score (nSPS) is 14.4. The summed E-state index contributed by atoms with van der Waals surface area (Å²) in [6, 6.07) is 8.75. The second kappa shape index (κ2) is 8.25. The van der Waals surface area contributed by atoms with E-state index in [1.54, 1.807) is 0 Å². The van der Waals surface area contributed by atoms with Crippen LogP contribution in [-0.4, -0.2) is 36.0 Å². The van der Waals surface area contributed by atoms with Gasteiger partial charge in [0.25, 0.3) is 0 Å². The Hall–Kier alpha value is -0.900. The Kier molecular flexibility index (Phi) is 6.94. The summed E-state index contributed by atoms with van der Waals surface area (Å²) >= 11 is 0. The molecule has 0 saturated carbocycles. The second-order valence-corrected chi connectivity index (χ2v) is 4.84. The van der Waals surface area contributed by atoms with Gasteiger partial charge in [-0.1, -0.05) is 38.1 Å². The third kappa shape index (κ3) is 5.17. The SMILES string of the molecule is CCC(C)c1ccc(CCNCC(O)CO)cc1. The first kappa shape index (κ1) is 15.2. The number of aliphatic hydroxyl groups is 2. The molecule has 2 unspecified atom stereocenters. The van der Waals surface area contributed by atoms with Gasteiger partial charge in [-0.2, -0.15) is 0 Å². The topological polar surface area (TPSA) is 52.5 Å². The number of hydrogen-bond acceptors (Lipinski definition) is 3. The van der Waals surface area contributed by atoms with Crippen molar-refractivity contribution >= 4 is 0 Å². The van der Waals surface area contributed by atoms with Gasteiger partial charge in [-0.15, -0.1) is 0 Å². The molecule has 0 fully saturated rings. The fourth-order valence-electron chi connectivity index (χ4n) is 1.81. The first-order chi connectivity index (χ1) is 8.67. The molecule has 0 radical (unpaired) electrons. The molecule has 0 amide bonds. The molecule has 0 aromatic heterocycles. The van der Waals surface area contributed by atoms with E-state index in [0.29, 0.717) is 12.5 Å². The molecule has 0 aliphatic rings. The minimum Gasteiger partial charge on any atom is -0.394 e. The average molecular weight is 251 g/mol. The van der Waals surface area contributed by atoms with Crippen LogP contribution in [0.1, 0.15) is 37.3 Å². The van der Waals surface area contributed by atoms with Crippen molar-refractivity contribution < 1.29 is 10.2 Å². The van der Waals surface area contributed by atoms with Crippen molar-refractivity contribution in [2.45, 2.75) is 38.7 Å². The van der Waals surface area contributed by atoms with Crippen molar-refractivity contribution in [3.05, 3.63) is 35.4 Å². The van der Waals surface area contributed by atoms with Crippen LogP contribution in [0.4, 0.5) is 0 Å². The van der Waals surface area contributed by atoms with Gasteiger partial charge >= 0.3 is 0 Å². The van der Waals surface area contributed by atoms with E-state index in [9.17, 15) is 0 Å². The molecule has 0 heterocycles. The van der Waals surface area contributed by atoms with Crippen LogP contribution < -0.4 is 5.32 Å². The highest BCUT2D eigenvalue weighted by molar-refractivity contribution is 5.25. The summed E-state index contributed by atoms with van der Waals surface area (Å²) in [5, 5.41) is 21.0. The van der Waals surface area contributed by atoms with E-state index < -0.39 is 6.10 Å². The fraction of sp³-hybridized carbons (Fsp3) is 0.600. The average Bonchev–Trinajstić information content (AvgIpc) is 2.43. The van der Waals surface area contributed by atoms with Gasteiger partial charge in [-0.3, -0.25) is 0 Å². The van der Waals surface area contributed by atoms with Crippen LogP contribution in [0.25, 0.3) is 0 Å². The lowest BCUT2D eigenvalue weighted by Gasteiger charge is -2.11. The Labute approximate surface area is 110 Å². The summed E-state index contributed by atoms with van der Waals surface area (Å²) in [6.45, 7) is 5.53. The van der Waals surface area contributed by atoms with Crippen LogP contribution in [0.15, 0.2) is 24.3 Å². The van der Waals surface area contributed by atoms with Gasteiger partial charge in [0.2, 0.25) is 0 Å². The van der Waals surface area contributed by atoms with Crippen LogP contribution in [0.2, 0.25) is 0 Å². The number of nitrogens with one attached hydrogen (secondary N) is 1. The lowest BCUT2D eigenvalue weighted by Crippen LogP contribution is -2.30. The van der Waals surface area contributed by atoms with Crippen LogP contribution in [0.3, 0.4) is 0 Å². The van der Waals surface area contributed by atoms with Crippen LogP contribution in [0.5, 0.6) is 0 Å². The van der Waals surface area contributed by atoms with E-state index in [0.717, 1.165) is 13.0 Å². The molecule has 0 saturated heterocycles. The summed E-state index contributed by atoms with van der Waals surface area (Å²) in [4.78, 5) is 0. The summed E-state index contributed by atoms with van der Waals surface area (Å²) in [6.07, 6.45) is 1.46. The first-order valence-corrected chi connectivity index (χ1v) is 6.75. The minimum atomic E-state index is -0.655. The van der Waals surface area contributed by atoms with Crippen molar-refractivity contribution in [1.29, 1.82) is 0 Å². The maximum atomic E-state index is 9.17. The van der Waals surface area contributed by atoms with E-state index in [1.165, 1.54) is 17.5 Å². The molecule has 3 nitrogen and oxygen atoms in total. The number of aliphatic hydroxyl groups excluding tert-OH is 2. The molecule has 18 heavy (non-hydrogen) atoms. The molecule has 3 heteroatoms. The summed E-state index contributed by atoms with van der Waals surface area (Å²) in [5.41, 5.74) is 2.69. The van der Waals surface area contributed by atoms with Gasteiger partial charge < -0.3 is 15.5 Å². The third-order valence-electron chi connectivity index (χ3n) is 3.34. The first-order valence-electron chi connectivity index (χ1n) is 6.75. The van der Waals surface area contributed by atoms with E-state index in [2.05, 4.69) is 43.4 Å². The van der Waals surface area contributed by atoms with Crippen molar-refractivity contribution in [2.75, 3.05) is 19.7 Å². The Morgan fingerprint density at radius 3 is 2.44 bits per heavy atom. The van der Waals surface area contributed by atoms with E-state index in [4.69, 9.17) is 10.2 Å². The van der Waals surface area contributed by atoms with Gasteiger partial charge in [0, 0.05) is 6.54 Å². The quantitative estimate of drug-likeness (QED) is 0.616. The van der Waals surface area contributed by atoms with Gasteiger partial charge in [0.05, 0.1) is 12.7 Å². The molecular weight excluding hydrogens is 226 g/mol. The molecule has 1 aromatic rings. The molecule has 0 bridgehead atoms. The molecule has 3 N–H and O–H groups in total. The highest BCUT2D eigenvalue weighted by Crippen LogP contribution is 2.18. The zero-order chi connectivity index (χ0) is 13.4. The predicted molar refractivity (Wildman–Crippen MR) is 74.8 cm³/mol. The van der Waals surface area contributed by atoms with Crippen molar-refractivity contribution in [2.24, 2.45) is 0 Å². The largest absolute Gasteiger partial charge is 0.394 e. The van der Waals surface area contributed by atoms with E-state index in [1.807, 2.05) is 0 Å². The standard InChI is InChI=1S/C15H25NO2/c1-3-12(2)14-6-4-13(5-7-14)8-9-16-10-15(18)11-17/h4-7,12,15-18H,3,8-11H2,1-2H3.